The molecule has 0 bridgehead atoms. The molecule has 10 heteroatoms. The number of ether oxygens (including phenoxy) is 1. The fourth-order valence-electron chi connectivity index (χ4n) is 4.84. The summed E-state index contributed by atoms with van der Waals surface area (Å²) >= 11 is 6.21. The Hall–Kier alpha value is -3.01. The van der Waals surface area contributed by atoms with Crippen molar-refractivity contribution in [2.75, 3.05) is 62.8 Å². The van der Waals surface area contributed by atoms with Crippen LogP contribution in [0.3, 0.4) is 0 Å². The lowest BCUT2D eigenvalue weighted by Crippen LogP contribution is -2.36. The molecule has 2 N–H and O–H groups in total. The third-order valence-corrected chi connectivity index (χ3v) is 6.78. The number of nitrogens with one attached hydrogen (secondary N) is 2. The fraction of sp³-hybridized carbons (Fsp3) is 0.440. The number of morpholine rings is 1. The van der Waals surface area contributed by atoms with Gasteiger partial charge in [-0.1, -0.05) is 11.6 Å². The number of likely N-dealkylation sites (N-methyl/N-ethyl adjacent to an activating group) is 1. The molecule has 2 aliphatic rings. The first-order chi connectivity index (χ1) is 17.1. The molecule has 9 nitrogen and oxygen atoms in total. The van der Waals surface area contributed by atoms with Gasteiger partial charge in [0.25, 0.3) is 5.91 Å². The van der Waals surface area contributed by atoms with Crippen molar-refractivity contribution in [3.63, 3.8) is 0 Å². The quantitative estimate of drug-likeness (QED) is 0.381. The normalized spacial score (nSPS) is 18.3. The summed E-state index contributed by atoms with van der Waals surface area (Å²) in [5, 5.41) is 6.50. The molecule has 0 radical (unpaired) electrons. The van der Waals surface area contributed by atoms with Crippen LogP contribution in [0.2, 0.25) is 5.15 Å². The van der Waals surface area contributed by atoms with E-state index in [4.69, 9.17) is 26.3 Å². The molecule has 1 atom stereocenters. The van der Waals surface area contributed by atoms with E-state index in [2.05, 4.69) is 25.4 Å². The molecule has 2 saturated heterocycles. The second kappa shape index (κ2) is 10.7. The molecule has 1 unspecified atom stereocenters. The van der Waals surface area contributed by atoms with Crippen LogP contribution < -0.4 is 20.4 Å². The van der Waals surface area contributed by atoms with Crippen LogP contribution in [-0.2, 0) is 4.74 Å². The molecule has 35 heavy (non-hydrogen) atoms. The number of fused-ring (bicyclic) bond motifs is 1. The van der Waals surface area contributed by atoms with Crippen molar-refractivity contribution in [1.82, 2.24) is 25.6 Å². The standard InChI is InChI=1S/C25H30ClN7O2/c1-27-6-7-29-25(34)17-13-19(21-3-2-8-33(21)18-4-5-28-22(26)15-18)24-20(14-17)30-16-23(31-24)32-9-11-35-12-10-32/h4-5,13-16,21,27H,2-3,6-12H2,1H3,(H,29,34). The molecule has 2 aromatic heterocycles. The van der Waals surface area contributed by atoms with Gasteiger partial charge in [-0.15, -0.1) is 0 Å². The summed E-state index contributed by atoms with van der Waals surface area (Å²) in [5.41, 5.74) is 4.17. The van der Waals surface area contributed by atoms with Gasteiger partial charge in [-0.05, 0) is 44.2 Å². The molecule has 184 valence electrons. The number of halogens is 1. The third kappa shape index (κ3) is 5.17. The number of aromatic nitrogens is 3. The maximum atomic E-state index is 13.0. The lowest BCUT2D eigenvalue weighted by Gasteiger charge is -2.29. The maximum Gasteiger partial charge on any atom is 0.251 e. The summed E-state index contributed by atoms with van der Waals surface area (Å²) < 4.78 is 5.51. The highest BCUT2D eigenvalue weighted by Crippen LogP contribution is 2.39. The number of benzene rings is 1. The molecule has 1 aromatic carbocycles. The van der Waals surface area contributed by atoms with Gasteiger partial charge in [0.1, 0.15) is 11.0 Å². The Morgan fingerprint density at radius 1 is 1.17 bits per heavy atom. The predicted molar refractivity (Wildman–Crippen MR) is 137 cm³/mol. The van der Waals surface area contributed by atoms with Crippen molar-refractivity contribution < 1.29 is 9.53 Å². The molecule has 0 saturated carbocycles. The number of pyridine rings is 1. The summed E-state index contributed by atoms with van der Waals surface area (Å²) in [5.74, 6) is 0.726. The van der Waals surface area contributed by atoms with Crippen LogP contribution in [0.4, 0.5) is 11.5 Å². The highest BCUT2D eigenvalue weighted by Gasteiger charge is 2.30. The molecular formula is C25H30ClN7O2. The fourth-order valence-corrected chi connectivity index (χ4v) is 5.00. The second-order valence-electron chi connectivity index (χ2n) is 8.81. The Morgan fingerprint density at radius 2 is 2.03 bits per heavy atom. The molecule has 1 amide bonds. The van der Waals surface area contributed by atoms with Gasteiger partial charge in [0.05, 0.1) is 36.5 Å². The minimum atomic E-state index is -0.112. The zero-order valence-electron chi connectivity index (χ0n) is 19.8. The molecule has 2 fully saturated rings. The molecule has 0 spiro atoms. The number of nitrogens with zero attached hydrogens (tertiary/aromatic N) is 5. The molecule has 5 rings (SSSR count). The van der Waals surface area contributed by atoms with Crippen LogP contribution >= 0.6 is 11.6 Å². The van der Waals surface area contributed by atoms with Crippen LogP contribution in [0.1, 0.15) is 34.8 Å². The van der Waals surface area contributed by atoms with Crippen LogP contribution in [0.15, 0.2) is 36.7 Å². The lowest BCUT2D eigenvalue weighted by atomic mass is 9.98. The van der Waals surface area contributed by atoms with E-state index in [-0.39, 0.29) is 11.9 Å². The Morgan fingerprint density at radius 3 is 2.83 bits per heavy atom. The topological polar surface area (TPSA) is 95.5 Å². The summed E-state index contributed by atoms with van der Waals surface area (Å²) in [6.07, 6.45) is 5.51. The zero-order chi connectivity index (χ0) is 24.2. The number of amides is 1. The van der Waals surface area contributed by atoms with E-state index >= 15 is 0 Å². The molecular weight excluding hydrogens is 466 g/mol. The van der Waals surface area contributed by atoms with E-state index in [0.717, 1.165) is 60.6 Å². The number of rotatable bonds is 7. The van der Waals surface area contributed by atoms with Gasteiger partial charge in [0.2, 0.25) is 0 Å². The van der Waals surface area contributed by atoms with E-state index < -0.39 is 0 Å². The number of carbonyl (C=O) groups is 1. The zero-order valence-corrected chi connectivity index (χ0v) is 20.6. The van der Waals surface area contributed by atoms with Gasteiger partial charge in [-0.25, -0.2) is 9.97 Å². The van der Waals surface area contributed by atoms with Crippen LogP contribution in [-0.4, -0.2) is 73.8 Å². The maximum absolute atomic E-state index is 13.0. The van der Waals surface area contributed by atoms with Crippen molar-refractivity contribution in [3.8, 4) is 0 Å². The number of carbonyl (C=O) groups excluding carboxylic acids is 1. The highest BCUT2D eigenvalue weighted by molar-refractivity contribution is 6.29. The third-order valence-electron chi connectivity index (χ3n) is 6.58. The molecule has 4 heterocycles. The van der Waals surface area contributed by atoms with E-state index in [1.165, 1.54) is 0 Å². The summed E-state index contributed by atoms with van der Waals surface area (Å²) in [4.78, 5) is 31.5. The Bertz CT molecular complexity index is 1200. The molecule has 3 aromatic rings. The summed E-state index contributed by atoms with van der Waals surface area (Å²) in [6.45, 7) is 5.07. The summed E-state index contributed by atoms with van der Waals surface area (Å²) in [6, 6.07) is 7.75. The van der Waals surface area contributed by atoms with Crippen LogP contribution in [0.5, 0.6) is 0 Å². The average Bonchev–Trinajstić information content (AvgIpc) is 3.38. The van der Waals surface area contributed by atoms with Gasteiger partial charge >= 0.3 is 0 Å². The van der Waals surface area contributed by atoms with Crippen LogP contribution in [0.25, 0.3) is 11.0 Å². The van der Waals surface area contributed by atoms with Crippen molar-refractivity contribution in [3.05, 3.63) is 52.9 Å². The van der Waals surface area contributed by atoms with E-state index in [1.807, 2.05) is 31.3 Å². The van der Waals surface area contributed by atoms with Gasteiger partial charge in [0, 0.05) is 55.7 Å². The average molecular weight is 496 g/mol. The van der Waals surface area contributed by atoms with E-state index in [1.54, 1.807) is 12.4 Å². The van der Waals surface area contributed by atoms with Crippen molar-refractivity contribution >= 4 is 40.0 Å². The number of hydrogen-bond acceptors (Lipinski definition) is 8. The van der Waals surface area contributed by atoms with Gasteiger partial charge in [-0.2, -0.15) is 0 Å². The first kappa shape index (κ1) is 23.7. The second-order valence-corrected chi connectivity index (χ2v) is 9.20. The Balaban J connectivity index is 1.58. The van der Waals surface area contributed by atoms with E-state index in [0.29, 0.717) is 37.0 Å². The largest absolute Gasteiger partial charge is 0.378 e. The van der Waals surface area contributed by atoms with Crippen molar-refractivity contribution in [2.45, 2.75) is 18.9 Å². The lowest BCUT2D eigenvalue weighted by molar-refractivity contribution is 0.0954. The molecule has 2 aliphatic heterocycles. The Labute approximate surface area is 209 Å². The SMILES string of the molecule is CNCCNC(=O)c1cc(C2CCCN2c2ccnc(Cl)c2)c2nc(N3CCOCC3)cnc2c1. The Kier molecular flexibility index (Phi) is 7.26. The van der Waals surface area contributed by atoms with Crippen LogP contribution in [0, 0.1) is 0 Å². The minimum Gasteiger partial charge on any atom is -0.378 e. The van der Waals surface area contributed by atoms with Gasteiger partial charge in [-0.3, -0.25) is 9.78 Å². The monoisotopic (exact) mass is 495 g/mol. The first-order valence-electron chi connectivity index (χ1n) is 12.1. The predicted octanol–water partition coefficient (Wildman–Crippen LogP) is 2.81. The highest BCUT2D eigenvalue weighted by atomic mass is 35.5. The number of anilines is 2. The smallest absolute Gasteiger partial charge is 0.251 e. The van der Waals surface area contributed by atoms with Crippen molar-refractivity contribution in [1.29, 1.82) is 0 Å². The van der Waals surface area contributed by atoms with Crippen molar-refractivity contribution in [2.24, 2.45) is 0 Å². The van der Waals surface area contributed by atoms with Gasteiger partial charge in [0.15, 0.2) is 0 Å². The first-order valence-corrected chi connectivity index (χ1v) is 12.5. The minimum absolute atomic E-state index is 0.0512. The summed E-state index contributed by atoms with van der Waals surface area (Å²) in [7, 11) is 1.86. The van der Waals surface area contributed by atoms with E-state index in [9.17, 15) is 4.79 Å². The molecule has 0 aliphatic carbocycles. The van der Waals surface area contributed by atoms with Gasteiger partial charge < -0.3 is 25.2 Å². The number of hydrogen-bond donors (Lipinski definition) is 2.